The zero-order valence-electron chi connectivity index (χ0n) is 7.74. The van der Waals surface area contributed by atoms with Gasteiger partial charge in [0.2, 0.25) is 5.96 Å². The van der Waals surface area contributed by atoms with E-state index >= 15 is 0 Å². The molecule has 0 saturated heterocycles. The molecular formula is C9H11BrN4. The van der Waals surface area contributed by atoms with Gasteiger partial charge in [-0.15, -0.1) is 5.10 Å². The number of hydrogen-bond acceptors (Lipinski definition) is 2. The molecule has 1 aromatic carbocycles. The van der Waals surface area contributed by atoms with E-state index in [1.807, 2.05) is 31.2 Å². The fourth-order valence-electron chi connectivity index (χ4n) is 0.941. The quantitative estimate of drug-likeness (QED) is 0.476. The summed E-state index contributed by atoms with van der Waals surface area (Å²) in [6.07, 6.45) is 0. The van der Waals surface area contributed by atoms with Crippen LogP contribution in [0.1, 0.15) is 12.5 Å². The van der Waals surface area contributed by atoms with E-state index in [2.05, 4.69) is 26.1 Å². The van der Waals surface area contributed by atoms with Crippen LogP contribution in [0, 0.1) is 0 Å². The molecular weight excluding hydrogens is 244 g/mol. The second kappa shape index (κ2) is 4.76. The summed E-state index contributed by atoms with van der Waals surface area (Å²) in [6.45, 7) is 1.84. The summed E-state index contributed by atoms with van der Waals surface area (Å²) in [5.41, 5.74) is 12.1. The summed E-state index contributed by atoms with van der Waals surface area (Å²) in [5, 5.41) is 7.46. The van der Waals surface area contributed by atoms with Crippen molar-refractivity contribution in [2.75, 3.05) is 0 Å². The molecule has 0 aliphatic carbocycles. The Morgan fingerprint density at radius 3 is 2.43 bits per heavy atom. The van der Waals surface area contributed by atoms with Crippen molar-refractivity contribution in [2.24, 2.45) is 21.7 Å². The van der Waals surface area contributed by atoms with Crippen molar-refractivity contribution in [3.8, 4) is 0 Å². The van der Waals surface area contributed by atoms with E-state index in [4.69, 9.17) is 11.5 Å². The van der Waals surface area contributed by atoms with Gasteiger partial charge in [-0.1, -0.05) is 34.1 Å². The molecule has 1 rings (SSSR count). The van der Waals surface area contributed by atoms with Gasteiger partial charge in [-0.25, -0.2) is 0 Å². The largest absolute Gasteiger partial charge is 0.369 e. The first-order chi connectivity index (χ1) is 6.61. The smallest absolute Gasteiger partial charge is 0.211 e. The first kappa shape index (κ1) is 10.7. The number of benzene rings is 1. The molecule has 0 unspecified atom stereocenters. The maximum atomic E-state index is 5.17. The molecule has 0 heterocycles. The summed E-state index contributed by atoms with van der Waals surface area (Å²) in [7, 11) is 0. The van der Waals surface area contributed by atoms with Gasteiger partial charge in [0.25, 0.3) is 0 Å². The van der Waals surface area contributed by atoms with Gasteiger partial charge in [-0.05, 0) is 13.0 Å². The molecule has 0 aliphatic heterocycles. The lowest BCUT2D eigenvalue weighted by Crippen LogP contribution is -2.22. The van der Waals surface area contributed by atoms with Crippen LogP contribution in [0.25, 0.3) is 0 Å². The summed E-state index contributed by atoms with van der Waals surface area (Å²) in [6, 6.07) is 7.73. The maximum absolute atomic E-state index is 5.17. The van der Waals surface area contributed by atoms with Gasteiger partial charge in [-0.3, -0.25) is 0 Å². The Morgan fingerprint density at radius 1 is 1.21 bits per heavy atom. The number of rotatable bonds is 2. The van der Waals surface area contributed by atoms with Gasteiger partial charge in [0, 0.05) is 10.0 Å². The van der Waals surface area contributed by atoms with Crippen LogP contribution in [0.4, 0.5) is 0 Å². The predicted molar refractivity (Wildman–Crippen MR) is 62.2 cm³/mol. The number of hydrogen-bond donors (Lipinski definition) is 2. The molecule has 0 atom stereocenters. The Bertz CT molecular complexity index is 380. The molecule has 0 fully saturated rings. The molecule has 0 saturated carbocycles. The normalized spacial score (nSPS) is 11.1. The van der Waals surface area contributed by atoms with Crippen molar-refractivity contribution in [3.63, 3.8) is 0 Å². The fourth-order valence-corrected chi connectivity index (χ4v) is 1.51. The molecule has 1 aromatic rings. The number of halogens is 1. The summed E-state index contributed by atoms with van der Waals surface area (Å²) in [4.78, 5) is 0. The molecule has 0 aliphatic rings. The minimum atomic E-state index is -0.0450. The molecule has 0 bridgehead atoms. The molecule has 5 heteroatoms. The topological polar surface area (TPSA) is 76.8 Å². The molecule has 4 N–H and O–H groups in total. The van der Waals surface area contributed by atoms with Crippen LogP contribution >= 0.6 is 15.9 Å². The third-order valence-electron chi connectivity index (χ3n) is 1.58. The van der Waals surface area contributed by atoms with Gasteiger partial charge < -0.3 is 11.5 Å². The van der Waals surface area contributed by atoms with Crippen molar-refractivity contribution in [1.29, 1.82) is 0 Å². The third-order valence-corrected chi connectivity index (χ3v) is 2.27. The highest BCUT2D eigenvalue weighted by Gasteiger charge is 2.00. The van der Waals surface area contributed by atoms with Crippen LogP contribution in [0.3, 0.4) is 0 Å². The highest BCUT2D eigenvalue weighted by Crippen LogP contribution is 2.16. The second-order valence-corrected chi connectivity index (χ2v) is 3.54. The Hall–Kier alpha value is -1.36. The molecule has 0 aromatic heterocycles. The second-order valence-electron chi connectivity index (χ2n) is 2.69. The highest BCUT2D eigenvalue weighted by atomic mass is 79.9. The first-order valence-corrected chi connectivity index (χ1v) is 4.78. The van der Waals surface area contributed by atoms with Crippen LogP contribution in [0.2, 0.25) is 0 Å². The Morgan fingerprint density at radius 2 is 1.86 bits per heavy atom. The molecule has 4 nitrogen and oxygen atoms in total. The fraction of sp³-hybridized carbons (Fsp3) is 0.111. The molecule has 74 valence electrons. The van der Waals surface area contributed by atoms with Crippen LogP contribution in [-0.4, -0.2) is 11.7 Å². The number of nitrogens with zero attached hydrogens (tertiary/aromatic N) is 2. The molecule has 0 radical (unpaired) electrons. The predicted octanol–water partition coefficient (Wildman–Crippen LogP) is 1.45. The van der Waals surface area contributed by atoms with Crippen molar-refractivity contribution in [2.45, 2.75) is 6.92 Å². The monoisotopic (exact) mass is 254 g/mol. The van der Waals surface area contributed by atoms with Crippen molar-refractivity contribution < 1.29 is 0 Å². The average Bonchev–Trinajstić information content (AvgIpc) is 2.15. The van der Waals surface area contributed by atoms with Crippen LogP contribution in [0.5, 0.6) is 0 Å². The zero-order chi connectivity index (χ0) is 10.6. The lowest BCUT2D eigenvalue weighted by molar-refractivity contribution is 1.19. The minimum Gasteiger partial charge on any atom is -0.369 e. The number of nitrogens with two attached hydrogens (primary N) is 2. The summed E-state index contributed by atoms with van der Waals surface area (Å²) >= 11 is 3.41. The maximum Gasteiger partial charge on any atom is 0.211 e. The lowest BCUT2D eigenvalue weighted by atomic mass is 10.1. The minimum absolute atomic E-state index is 0.0450. The van der Waals surface area contributed by atoms with E-state index in [0.717, 1.165) is 15.7 Å². The van der Waals surface area contributed by atoms with Gasteiger partial charge >= 0.3 is 0 Å². The first-order valence-electron chi connectivity index (χ1n) is 3.99. The van der Waals surface area contributed by atoms with Gasteiger partial charge in [-0.2, -0.15) is 5.10 Å². The Kier molecular flexibility index (Phi) is 3.64. The summed E-state index contributed by atoms with van der Waals surface area (Å²) < 4.78 is 0.965. The van der Waals surface area contributed by atoms with E-state index in [9.17, 15) is 0 Å². The van der Waals surface area contributed by atoms with Crippen molar-refractivity contribution in [3.05, 3.63) is 34.3 Å². The third kappa shape index (κ3) is 2.85. The van der Waals surface area contributed by atoms with E-state index in [1.54, 1.807) is 0 Å². The molecule has 0 spiro atoms. The average molecular weight is 255 g/mol. The highest BCUT2D eigenvalue weighted by molar-refractivity contribution is 9.10. The van der Waals surface area contributed by atoms with Crippen LogP contribution in [-0.2, 0) is 0 Å². The molecule has 14 heavy (non-hydrogen) atoms. The van der Waals surface area contributed by atoms with E-state index in [-0.39, 0.29) is 5.96 Å². The van der Waals surface area contributed by atoms with Crippen LogP contribution in [0.15, 0.2) is 38.9 Å². The van der Waals surface area contributed by atoms with Crippen LogP contribution < -0.4 is 11.5 Å². The van der Waals surface area contributed by atoms with E-state index < -0.39 is 0 Å². The Balaban J connectivity index is 3.01. The standard InChI is InChI=1S/C9H11BrN4/c1-6(13-14-9(11)12)7-4-2-3-5-8(7)10/h2-5H,1H3,(H4,11,12,14)/b13-6-. The van der Waals surface area contributed by atoms with Crippen molar-refractivity contribution in [1.82, 2.24) is 0 Å². The van der Waals surface area contributed by atoms with Crippen molar-refractivity contribution >= 4 is 27.6 Å². The van der Waals surface area contributed by atoms with E-state index in [1.165, 1.54) is 0 Å². The summed E-state index contributed by atoms with van der Waals surface area (Å²) in [5.74, 6) is -0.0450. The number of guanidine groups is 1. The lowest BCUT2D eigenvalue weighted by Gasteiger charge is -2.00. The zero-order valence-corrected chi connectivity index (χ0v) is 9.32. The molecule has 0 amide bonds. The SMILES string of the molecule is C/C(=N/N=C(N)N)c1ccccc1Br. The van der Waals surface area contributed by atoms with Gasteiger partial charge in [0.15, 0.2) is 0 Å². The van der Waals surface area contributed by atoms with Gasteiger partial charge in [0.1, 0.15) is 0 Å². The Labute approximate surface area is 90.8 Å². The van der Waals surface area contributed by atoms with E-state index in [0.29, 0.717) is 0 Å². The van der Waals surface area contributed by atoms with Gasteiger partial charge in [0.05, 0.1) is 5.71 Å².